The van der Waals surface area contributed by atoms with Gasteiger partial charge in [0.2, 0.25) is 5.91 Å². The van der Waals surface area contributed by atoms with Crippen molar-refractivity contribution in [1.29, 1.82) is 0 Å². The predicted molar refractivity (Wildman–Crippen MR) is 77.2 cm³/mol. The molecule has 0 unspecified atom stereocenters. The maximum Gasteiger partial charge on any atom is 0.329 e. The molecule has 5 heteroatoms. The Kier molecular flexibility index (Phi) is 4.89. The van der Waals surface area contributed by atoms with Crippen molar-refractivity contribution in [3.8, 4) is 0 Å². The molecule has 0 aromatic carbocycles. The lowest BCUT2D eigenvalue weighted by Gasteiger charge is -2.33. The Labute approximate surface area is 117 Å². The molecule has 0 aliphatic heterocycles. The Morgan fingerprint density at radius 2 is 2.05 bits per heavy atom. The number of hydrogen-bond acceptors (Lipinski definition) is 3. The van der Waals surface area contributed by atoms with E-state index in [9.17, 15) is 9.59 Å². The number of likely N-dealkylation sites (N-methyl/N-ethyl adjacent to an activating group) is 1. The van der Waals surface area contributed by atoms with Crippen molar-refractivity contribution in [3.63, 3.8) is 0 Å². The molecule has 0 saturated heterocycles. The van der Waals surface area contributed by atoms with E-state index in [0.29, 0.717) is 6.54 Å². The lowest BCUT2D eigenvalue weighted by molar-refractivity contribution is -0.154. The first-order valence-electron chi connectivity index (χ1n) is 6.08. The van der Waals surface area contributed by atoms with E-state index in [1.165, 1.54) is 29.7 Å². The average Bonchev–Trinajstić information content (AvgIpc) is 2.73. The first kappa shape index (κ1) is 15.4. The van der Waals surface area contributed by atoms with Crippen LogP contribution in [-0.2, 0) is 9.59 Å². The highest BCUT2D eigenvalue weighted by Crippen LogP contribution is 2.18. The van der Waals surface area contributed by atoms with E-state index in [-0.39, 0.29) is 5.91 Å². The highest BCUT2D eigenvalue weighted by Gasteiger charge is 2.35. The Bertz CT molecular complexity index is 503. The number of carbonyl (C=O) groups is 2. The first-order valence-corrected chi connectivity index (χ1v) is 6.90. The topological polar surface area (TPSA) is 57.6 Å². The minimum absolute atomic E-state index is 0.291. The number of thiophene rings is 1. The van der Waals surface area contributed by atoms with Gasteiger partial charge in [-0.15, -0.1) is 11.3 Å². The molecule has 19 heavy (non-hydrogen) atoms. The zero-order chi connectivity index (χ0) is 14.6. The average molecular weight is 281 g/mol. The quantitative estimate of drug-likeness (QED) is 0.844. The summed E-state index contributed by atoms with van der Waals surface area (Å²) in [7, 11) is 0. The second kappa shape index (κ2) is 6.02. The fraction of sp³-hybridized carbons (Fsp3) is 0.429. The molecular weight excluding hydrogens is 262 g/mol. The molecule has 0 aliphatic rings. The minimum atomic E-state index is -1.21. The molecule has 1 rings (SSSR count). The molecule has 1 aromatic rings. The van der Waals surface area contributed by atoms with Crippen molar-refractivity contribution in [2.75, 3.05) is 6.54 Å². The smallest absolute Gasteiger partial charge is 0.329 e. The lowest BCUT2D eigenvalue weighted by Crippen LogP contribution is -2.52. The van der Waals surface area contributed by atoms with Gasteiger partial charge in [0.25, 0.3) is 0 Å². The largest absolute Gasteiger partial charge is 0.480 e. The summed E-state index contributed by atoms with van der Waals surface area (Å²) in [5, 5.41) is 9.16. The summed E-state index contributed by atoms with van der Waals surface area (Å²) >= 11 is 1.59. The van der Waals surface area contributed by atoms with Gasteiger partial charge in [0.05, 0.1) is 0 Å². The van der Waals surface area contributed by atoms with E-state index in [1.54, 1.807) is 24.3 Å². The molecule has 0 atom stereocenters. The molecule has 0 fully saturated rings. The van der Waals surface area contributed by atoms with Crippen LogP contribution in [-0.4, -0.2) is 34.0 Å². The maximum absolute atomic E-state index is 12.1. The van der Waals surface area contributed by atoms with Crippen molar-refractivity contribution in [2.24, 2.45) is 0 Å². The summed E-state index contributed by atoms with van der Waals surface area (Å²) in [5.74, 6) is -1.30. The van der Waals surface area contributed by atoms with Gasteiger partial charge in [-0.2, -0.15) is 0 Å². The molecule has 4 nitrogen and oxygen atoms in total. The van der Waals surface area contributed by atoms with Crippen LogP contribution in [0.5, 0.6) is 0 Å². The Morgan fingerprint density at radius 3 is 2.47 bits per heavy atom. The van der Waals surface area contributed by atoms with Crippen molar-refractivity contribution in [3.05, 3.63) is 28.0 Å². The van der Waals surface area contributed by atoms with Gasteiger partial charge in [-0.1, -0.05) is 0 Å². The molecular formula is C14H19NO3S. The summed E-state index contributed by atoms with van der Waals surface area (Å²) in [5.41, 5.74) is -1.21. The van der Waals surface area contributed by atoms with Crippen molar-refractivity contribution in [1.82, 2.24) is 4.90 Å². The number of carboxylic acid groups (broad SMARTS) is 1. The third-order valence-electron chi connectivity index (χ3n) is 2.93. The second-order valence-electron chi connectivity index (χ2n) is 4.73. The van der Waals surface area contributed by atoms with Crippen LogP contribution in [0.3, 0.4) is 0 Å². The molecule has 0 aliphatic carbocycles. The van der Waals surface area contributed by atoms with Gasteiger partial charge in [0, 0.05) is 22.4 Å². The number of aliphatic carboxylic acids is 1. The van der Waals surface area contributed by atoms with E-state index in [1.807, 2.05) is 19.1 Å². The summed E-state index contributed by atoms with van der Waals surface area (Å²) in [6.07, 6.45) is 3.15. The third-order valence-corrected chi connectivity index (χ3v) is 3.90. The minimum Gasteiger partial charge on any atom is -0.480 e. The summed E-state index contributed by atoms with van der Waals surface area (Å²) in [6, 6.07) is 3.91. The van der Waals surface area contributed by atoms with Crippen LogP contribution in [0.25, 0.3) is 6.08 Å². The molecule has 1 amide bonds. The molecule has 1 heterocycles. The number of aryl methyl sites for hydroxylation is 1. The molecule has 0 radical (unpaired) electrons. The Morgan fingerprint density at radius 1 is 1.42 bits per heavy atom. The van der Waals surface area contributed by atoms with Crippen LogP contribution in [0.15, 0.2) is 18.2 Å². The van der Waals surface area contributed by atoms with Crippen LogP contribution < -0.4 is 0 Å². The molecule has 0 spiro atoms. The summed E-state index contributed by atoms with van der Waals surface area (Å²) < 4.78 is 0. The SMILES string of the molecule is CCN(C(=O)C=Cc1ccc(C)s1)C(C)(C)C(=O)O. The molecule has 1 aromatic heterocycles. The summed E-state index contributed by atoms with van der Waals surface area (Å²) in [4.78, 5) is 26.8. The standard InChI is InChI=1S/C14H19NO3S/c1-5-15(14(3,4)13(17)18)12(16)9-8-11-7-6-10(2)19-11/h6-9H,5H2,1-4H3,(H,17,18). The normalized spacial score (nSPS) is 11.8. The van der Waals surface area contributed by atoms with Crippen LogP contribution in [0.2, 0.25) is 0 Å². The van der Waals surface area contributed by atoms with E-state index in [0.717, 1.165) is 4.88 Å². The van der Waals surface area contributed by atoms with Crippen LogP contribution in [0, 0.1) is 6.92 Å². The van der Waals surface area contributed by atoms with Gasteiger partial charge in [0.15, 0.2) is 0 Å². The monoisotopic (exact) mass is 281 g/mol. The van der Waals surface area contributed by atoms with Gasteiger partial charge in [-0.3, -0.25) is 4.79 Å². The Balaban J connectivity index is 2.86. The predicted octanol–water partition coefficient (Wildman–Crippen LogP) is 2.78. The Hall–Kier alpha value is -1.62. The lowest BCUT2D eigenvalue weighted by atomic mass is 10.0. The van der Waals surface area contributed by atoms with Gasteiger partial charge in [-0.25, -0.2) is 4.79 Å². The van der Waals surface area contributed by atoms with E-state index in [4.69, 9.17) is 5.11 Å². The fourth-order valence-electron chi connectivity index (χ4n) is 1.73. The number of amides is 1. The van der Waals surface area contributed by atoms with E-state index in [2.05, 4.69) is 0 Å². The second-order valence-corrected chi connectivity index (χ2v) is 6.05. The van der Waals surface area contributed by atoms with Crippen LogP contribution in [0.1, 0.15) is 30.5 Å². The number of nitrogens with zero attached hydrogens (tertiary/aromatic N) is 1. The highest BCUT2D eigenvalue weighted by molar-refractivity contribution is 7.12. The van der Waals surface area contributed by atoms with Crippen LogP contribution >= 0.6 is 11.3 Å². The van der Waals surface area contributed by atoms with Gasteiger partial charge in [-0.05, 0) is 45.9 Å². The molecule has 1 N–H and O–H groups in total. The third kappa shape index (κ3) is 3.67. The summed E-state index contributed by atoms with van der Waals surface area (Å²) in [6.45, 7) is 7.17. The maximum atomic E-state index is 12.1. The highest BCUT2D eigenvalue weighted by atomic mass is 32.1. The number of carboxylic acids is 1. The number of hydrogen-bond donors (Lipinski definition) is 1. The zero-order valence-electron chi connectivity index (χ0n) is 11.6. The van der Waals surface area contributed by atoms with Gasteiger partial charge < -0.3 is 10.0 Å². The van der Waals surface area contributed by atoms with Crippen molar-refractivity contribution >= 4 is 29.3 Å². The number of carbonyl (C=O) groups excluding carboxylic acids is 1. The first-order chi connectivity index (χ1) is 8.78. The molecule has 0 saturated carbocycles. The number of rotatable bonds is 5. The zero-order valence-corrected chi connectivity index (χ0v) is 12.5. The van der Waals surface area contributed by atoms with Crippen LogP contribution in [0.4, 0.5) is 0 Å². The molecule has 0 bridgehead atoms. The van der Waals surface area contributed by atoms with Crippen molar-refractivity contribution in [2.45, 2.75) is 33.2 Å². The molecule has 104 valence electrons. The van der Waals surface area contributed by atoms with Crippen molar-refractivity contribution < 1.29 is 14.7 Å². The van der Waals surface area contributed by atoms with Gasteiger partial charge >= 0.3 is 5.97 Å². The van der Waals surface area contributed by atoms with E-state index < -0.39 is 11.5 Å². The van der Waals surface area contributed by atoms with Gasteiger partial charge in [0.1, 0.15) is 5.54 Å². The fourth-order valence-corrected chi connectivity index (χ4v) is 2.51. The van der Waals surface area contributed by atoms with E-state index >= 15 is 0 Å².